The number of benzene rings is 23. The zero-order chi connectivity index (χ0) is 81.4. The Labute approximate surface area is 712 Å². The van der Waals surface area contributed by atoms with Gasteiger partial charge in [0.15, 0.2) is 0 Å². The van der Waals surface area contributed by atoms with E-state index >= 15 is 0 Å². The lowest BCUT2D eigenvalue weighted by atomic mass is 9.85. The van der Waals surface area contributed by atoms with Crippen LogP contribution < -0.4 is 0 Å². The molecule has 0 heterocycles. The van der Waals surface area contributed by atoms with Crippen molar-refractivity contribution in [2.45, 2.75) is 13.8 Å². The van der Waals surface area contributed by atoms with Crippen LogP contribution >= 0.6 is 0 Å². The lowest BCUT2D eigenvalue weighted by molar-refractivity contribution is 1.38. The summed E-state index contributed by atoms with van der Waals surface area (Å²) in [6.45, 7) is 4.39. The van der Waals surface area contributed by atoms with Crippen LogP contribution in [0.4, 0.5) is 0 Å². The molecule has 0 aliphatic carbocycles. The van der Waals surface area contributed by atoms with Crippen molar-refractivity contribution >= 4 is 97.0 Å². The second-order valence-corrected chi connectivity index (χ2v) is 32.1. The Kier molecular flexibility index (Phi) is 19.6. The molecule has 0 spiro atoms. The molecule has 0 saturated heterocycles. The highest BCUT2D eigenvalue weighted by Gasteiger charge is 2.22. The molecule has 0 radical (unpaired) electrons. The van der Waals surface area contributed by atoms with Crippen LogP contribution in [0.2, 0.25) is 0 Å². The van der Waals surface area contributed by atoms with E-state index in [9.17, 15) is 0 Å². The monoisotopic (exact) mass is 1550 g/mol. The van der Waals surface area contributed by atoms with Gasteiger partial charge < -0.3 is 0 Å². The maximum atomic E-state index is 2.34. The van der Waals surface area contributed by atoms with Crippen molar-refractivity contribution in [3.05, 3.63) is 484 Å². The number of hydrogen-bond donors (Lipinski definition) is 0. The molecule has 0 N–H and O–H groups in total. The van der Waals surface area contributed by atoms with Crippen molar-refractivity contribution in [2.75, 3.05) is 0 Å². The van der Waals surface area contributed by atoms with Crippen LogP contribution in [0.1, 0.15) is 11.1 Å². The van der Waals surface area contributed by atoms with E-state index < -0.39 is 0 Å². The standard InChI is InChI=1S/2C42H28.C38H28/c1-2-11-29(12-3-1)34-15-10-16-35(27-34)31-21-24-32(25-22-31)41-37-17-6-8-19-39(37)42(40-20-9-7-18-38(40)41)36-26-23-30-13-4-5-14-33(30)28-36;1-2-13-30(14-3-1)35-16-6-7-17-36(35)31-23-25-32(26-24-31)41-37-18-8-10-20-39(37)42(40-21-11-9-19-38(40)41)34-27-22-29-12-4-5-15-33(29)28-34;1-25-10-9-11-26(2)36(25)28-19-21-29(22-20-28)37-32-14-5-7-16-34(32)38(35-17-8-6-15-33(35)37)31-23-18-27-12-3-4-13-30(27)24-31/h2*1-28H;3-24H,1-2H3. The van der Waals surface area contributed by atoms with Gasteiger partial charge in [0, 0.05) is 0 Å². The zero-order valence-corrected chi connectivity index (χ0v) is 68.0. The summed E-state index contributed by atoms with van der Waals surface area (Å²) in [6.07, 6.45) is 0. The van der Waals surface area contributed by atoms with Gasteiger partial charge >= 0.3 is 0 Å². The van der Waals surface area contributed by atoms with Crippen molar-refractivity contribution < 1.29 is 0 Å². The smallest absolute Gasteiger partial charge is 0.00262 e. The second-order valence-electron chi connectivity index (χ2n) is 32.1. The van der Waals surface area contributed by atoms with Gasteiger partial charge in [-0.3, -0.25) is 0 Å². The molecular weight excluding hydrogens is 1470 g/mol. The Balaban J connectivity index is 0.000000113. The summed E-state index contributed by atoms with van der Waals surface area (Å²) in [5.41, 5.74) is 30.3. The second kappa shape index (κ2) is 32.4. The van der Waals surface area contributed by atoms with E-state index in [-0.39, 0.29) is 0 Å². The predicted molar refractivity (Wildman–Crippen MR) is 526 cm³/mol. The normalized spacial score (nSPS) is 11.4. The molecule has 0 amide bonds. The summed E-state index contributed by atoms with van der Waals surface area (Å²) in [5, 5.41) is 23.0. The van der Waals surface area contributed by atoms with Gasteiger partial charge in [0.1, 0.15) is 0 Å². The van der Waals surface area contributed by atoms with Gasteiger partial charge in [0.25, 0.3) is 0 Å². The van der Waals surface area contributed by atoms with Crippen LogP contribution in [0.25, 0.3) is 219 Å². The molecule has 572 valence electrons. The van der Waals surface area contributed by atoms with Crippen LogP contribution in [0.3, 0.4) is 0 Å². The highest BCUT2D eigenvalue weighted by Crippen LogP contribution is 2.49. The Bertz CT molecular complexity index is 7720. The minimum absolute atomic E-state index is 1.22. The molecule has 23 rings (SSSR count). The molecule has 0 fully saturated rings. The average molecular weight is 1550 g/mol. The lowest BCUT2D eigenvalue weighted by Gasteiger charge is -2.18. The Hall–Kier alpha value is -15.6. The summed E-state index contributed by atoms with van der Waals surface area (Å²) in [6, 6.07) is 172. The quantitative estimate of drug-likeness (QED) is 0.113. The summed E-state index contributed by atoms with van der Waals surface area (Å²) >= 11 is 0. The minimum Gasteiger partial charge on any atom is -0.0622 e. The molecule has 0 nitrogen and oxygen atoms in total. The summed E-state index contributed by atoms with van der Waals surface area (Å²) < 4.78 is 0. The fraction of sp³-hybridized carbons (Fsp3) is 0.0164. The molecule has 0 aromatic heterocycles. The molecule has 122 heavy (non-hydrogen) atoms. The molecule has 23 aromatic carbocycles. The highest BCUT2D eigenvalue weighted by molar-refractivity contribution is 6.25. The van der Waals surface area contributed by atoms with E-state index in [1.165, 1.54) is 230 Å². The molecule has 0 bridgehead atoms. The van der Waals surface area contributed by atoms with E-state index in [0.29, 0.717) is 0 Å². The first-order valence-electron chi connectivity index (χ1n) is 42.3. The molecule has 0 aliphatic rings. The molecule has 0 heteroatoms. The molecule has 0 unspecified atom stereocenters. The average Bonchev–Trinajstić information content (AvgIpc) is 0.741. The van der Waals surface area contributed by atoms with Crippen molar-refractivity contribution in [3.63, 3.8) is 0 Å². The third-order valence-electron chi connectivity index (χ3n) is 24.8. The topological polar surface area (TPSA) is 0 Å². The van der Waals surface area contributed by atoms with Gasteiger partial charge in [-0.1, -0.05) is 449 Å². The van der Waals surface area contributed by atoms with Crippen molar-refractivity contribution in [1.29, 1.82) is 0 Å². The maximum absolute atomic E-state index is 2.34. The van der Waals surface area contributed by atoms with Crippen LogP contribution in [0.5, 0.6) is 0 Å². The van der Waals surface area contributed by atoms with Gasteiger partial charge in [-0.15, -0.1) is 0 Å². The molecule has 0 aliphatic heterocycles. The number of aryl methyl sites for hydroxylation is 2. The molecule has 23 aromatic rings. The first kappa shape index (κ1) is 74.0. The van der Waals surface area contributed by atoms with E-state index in [0.717, 1.165) is 0 Å². The number of fused-ring (bicyclic) bond motifs is 9. The van der Waals surface area contributed by atoms with E-state index in [1.807, 2.05) is 0 Å². The van der Waals surface area contributed by atoms with Crippen molar-refractivity contribution in [1.82, 2.24) is 0 Å². The van der Waals surface area contributed by atoms with Crippen molar-refractivity contribution in [2.24, 2.45) is 0 Å². The van der Waals surface area contributed by atoms with Gasteiger partial charge in [-0.25, -0.2) is 0 Å². The number of rotatable bonds is 11. The third kappa shape index (κ3) is 13.9. The van der Waals surface area contributed by atoms with Gasteiger partial charge in [-0.05, 0) is 269 Å². The Morgan fingerprint density at radius 2 is 0.303 bits per heavy atom. The molecular formula is C122H84. The Morgan fingerprint density at radius 1 is 0.107 bits per heavy atom. The summed E-state index contributed by atoms with van der Waals surface area (Å²) in [4.78, 5) is 0. The van der Waals surface area contributed by atoms with Crippen LogP contribution in [0, 0.1) is 13.8 Å². The van der Waals surface area contributed by atoms with Gasteiger partial charge in [0.05, 0.1) is 0 Å². The first-order valence-corrected chi connectivity index (χ1v) is 42.3. The van der Waals surface area contributed by atoms with Gasteiger partial charge in [0.2, 0.25) is 0 Å². The fourth-order valence-electron chi connectivity index (χ4n) is 19.1. The number of hydrogen-bond acceptors (Lipinski definition) is 0. The van der Waals surface area contributed by atoms with E-state index in [2.05, 4.69) is 487 Å². The highest BCUT2D eigenvalue weighted by atomic mass is 14.3. The molecule has 0 atom stereocenters. The molecule has 0 saturated carbocycles. The summed E-state index contributed by atoms with van der Waals surface area (Å²) in [5.74, 6) is 0. The Morgan fingerprint density at radius 3 is 0.615 bits per heavy atom. The predicted octanol–water partition coefficient (Wildman–Crippen LogP) is 34.4. The van der Waals surface area contributed by atoms with Crippen molar-refractivity contribution in [3.8, 4) is 122 Å². The van der Waals surface area contributed by atoms with E-state index in [4.69, 9.17) is 0 Å². The SMILES string of the molecule is Cc1cccc(C)c1-c1ccc(-c2c3ccccc3c(-c3ccc4ccccc4c3)c3ccccc23)cc1.c1ccc(-c2cccc(-c3ccc(-c4c5ccccc5c(-c5ccc6ccccc6c5)c5ccccc45)cc3)c2)cc1.c1ccc(-c2ccccc2-c2ccc(-c3c4ccccc4c(-c4ccc5ccccc5c4)c4ccccc34)cc2)cc1. The zero-order valence-electron chi connectivity index (χ0n) is 68.0. The maximum Gasteiger partial charge on any atom is -0.00262 e. The van der Waals surface area contributed by atoms with E-state index in [1.54, 1.807) is 0 Å². The van der Waals surface area contributed by atoms with Gasteiger partial charge in [-0.2, -0.15) is 0 Å². The van der Waals surface area contributed by atoms with Crippen LogP contribution in [-0.4, -0.2) is 0 Å². The fourth-order valence-corrected chi connectivity index (χ4v) is 19.1. The lowest BCUT2D eigenvalue weighted by Crippen LogP contribution is -1.91. The van der Waals surface area contributed by atoms with Crippen LogP contribution in [-0.2, 0) is 0 Å². The minimum atomic E-state index is 1.22. The largest absolute Gasteiger partial charge is 0.0622 e. The van der Waals surface area contributed by atoms with Crippen LogP contribution in [0.15, 0.2) is 473 Å². The first-order chi connectivity index (χ1) is 60.4. The summed E-state index contributed by atoms with van der Waals surface area (Å²) in [7, 11) is 0. The third-order valence-corrected chi connectivity index (χ3v) is 24.8.